The topological polar surface area (TPSA) is 82.2 Å². The lowest BCUT2D eigenvalue weighted by atomic mass is 10.1. The SMILES string of the molecule is C=CC(=O)N1CCCC(Nc2nc(Nc3ccc4c(c3)CNC4)ncc2F)C1.CC. The number of rotatable bonds is 5. The van der Waals surface area contributed by atoms with E-state index in [0.29, 0.717) is 19.0 Å². The summed E-state index contributed by atoms with van der Waals surface area (Å²) >= 11 is 0. The lowest BCUT2D eigenvalue weighted by Gasteiger charge is -2.32. The molecular formula is C22H29FN6O. The fourth-order valence-electron chi connectivity index (χ4n) is 3.65. The van der Waals surface area contributed by atoms with E-state index in [1.54, 1.807) is 4.90 Å². The molecule has 0 spiro atoms. The smallest absolute Gasteiger partial charge is 0.246 e. The third-order valence-corrected chi connectivity index (χ3v) is 5.09. The largest absolute Gasteiger partial charge is 0.363 e. The third-order valence-electron chi connectivity index (χ3n) is 5.09. The molecule has 1 atom stereocenters. The van der Waals surface area contributed by atoms with Crippen LogP contribution in [0.1, 0.15) is 37.8 Å². The van der Waals surface area contributed by atoms with Crippen molar-refractivity contribution in [3.8, 4) is 0 Å². The molecule has 4 rings (SSSR count). The Morgan fingerprint density at radius 2 is 2.13 bits per heavy atom. The van der Waals surface area contributed by atoms with Crippen LogP contribution in [0.2, 0.25) is 0 Å². The minimum absolute atomic E-state index is 0.0685. The number of hydrogen-bond donors (Lipinski definition) is 3. The van der Waals surface area contributed by atoms with E-state index < -0.39 is 5.82 Å². The lowest BCUT2D eigenvalue weighted by Crippen LogP contribution is -2.44. The van der Waals surface area contributed by atoms with E-state index in [1.165, 1.54) is 17.2 Å². The van der Waals surface area contributed by atoms with Crippen LogP contribution in [0, 0.1) is 5.82 Å². The molecule has 1 saturated heterocycles. The quantitative estimate of drug-likeness (QED) is 0.652. The maximum absolute atomic E-state index is 14.2. The number of aromatic nitrogens is 2. The molecule has 160 valence electrons. The summed E-state index contributed by atoms with van der Waals surface area (Å²) in [6, 6.07) is 6.01. The molecule has 2 aliphatic heterocycles. The average molecular weight is 413 g/mol. The number of benzene rings is 1. The number of nitrogens with zero attached hydrogens (tertiary/aromatic N) is 3. The first-order chi connectivity index (χ1) is 14.6. The van der Waals surface area contributed by atoms with Gasteiger partial charge in [0.25, 0.3) is 0 Å². The molecule has 8 heteroatoms. The molecule has 1 fully saturated rings. The molecule has 30 heavy (non-hydrogen) atoms. The van der Waals surface area contributed by atoms with Crippen molar-refractivity contribution in [1.82, 2.24) is 20.2 Å². The minimum Gasteiger partial charge on any atom is -0.363 e. The summed E-state index contributed by atoms with van der Waals surface area (Å²) in [5.74, 6) is -0.165. The first-order valence-electron chi connectivity index (χ1n) is 10.4. The molecule has 1 aromatic heterocycles. The van der Waals surface area contributed by atoms with Crippen LogP contribution in [0.5, 0.6) is 0 Å². The number of carbonyl (C=O) groups excluding carboxylic acids is 1. The standard InChI is InChI=1S/C20H23FN6O.C2H6/c1-2-18(28)27-7-3-4-16(12-27)24-19-17(21)11-23-20(26-19)25-15-6-5-13-9-22-10-14(13)8-15;1-2/h2,5-6,8,11,16,22H,1,3-4,7,9-10,12H2,(H2,23,24,25,26);1-2H3. The fourth-order valence-corrected chi connectivity index (χ4v) is 3.65. The molecule has 0 bridgehead atoms. The van der Waals surface area contributed by atoms with Crippen LogP contribution >= 0.6 is 0 Å². The summed E-state index contributed by atoms with van der Waals surface area (Å²) in [6.45, 7) is 10.4. The monoisotopic (exact) mass is 412 g/mol. The highest BCUT2D eigenvalue weighted by Crippen LogP contribution is 2.23. The van der Waals surface area contributed by atoms with Crippen molar-refractivity contribution in [3.63, 3.8) is 0 Å². The Balaban J connectivity index is 0.00000124. The summed E-state index contributed by atoms with van der Waals surface area (Å²) in [5, 5.41) is 9.57. The number of hydrogen-bond acceptors (Lipinski definition) is 6. The van der Waals surface area contributed by atoms with E-state index in [-0.39, 0.29) is 17.8 Å². The summed E-state index contributed by atoms with van der Waals surface area (Å²) in [7, 11) is 0. The van der Waals surface area contributed by atoms with Gasteiger partial charge in [-0.25, -0.2) is 9.37 Å². The fraction of sp³-hybridized carbons (Fsp3) is 0.409. The summed E-state index contributed by atoms with van der Waals surface area (Å²) in [6.07, 6.45) is 4.15. The van der Waals surface area contributed by atoms with Gasteiger partial charge < -0.3 is 20.9 Å². The maximum Gasteiger partial charge on any atom is 0.246 e. The zero-order chi connectivity index (χ0) is 21.5. The van der Waals surface area contributed by atoms with Gasteiger partial charge in [-0.2, -0.15) is 4.98 Å². The number of halogens is 1. The zero-order valence-corrected chi connectivity index (χ0v) is 17.5. The lowest BCUT2D eigenvalue weighted by molar-refractivity contribution is -0.127. The van der Waals surface area contributed by atoms with Crippen molar-refractivity contribution in [3.05, 3.63) is 54.0 Å². The van der Waals surface area contributed by atoms with Gasteiger partial charge in [-0.3, -0.25) is 4.79 Å². The predicted octanol–water partition coefficient (Wildman–Crippen LogP) is 3.58. The van der Waals surface area contributed by atoms with Gasteiger partial charge >= 0.3 is 0 Å². The van der Waals surface area contributed by atoms with Gasteiger partial charge in [0.05, 0.1) is 6.20 Å². The number of nitrogens with one attached hydrogen (secondary N) is 3. The van der Waals surface area contributed by atoms with Crippen molar-refractivity contribution in [1.29, 1.82) is 0 Å². The van der Waals surface area contributed by atoms with Crippen molar-refractivity contribution < 1.29 is 9.18 Å². The number of anilines is 3. The summed E-state index contributed by atoms with van der Waals surface area (Å²) in [5.41, 5.74) is 3.38. The number of fused-ring (bicyclic) bond motifs is 1. The zero-order valence-electron chi connectivity index (χ0n) is 17.5. The molecule has 3 heterocycles. The van der Waals surface area contributed by atoms with Gasteiger partial charge in [-0.05, 0) is 42.2 Å². The van der Waals surface area contributed by atoms with E-state index in [9.17, 15) is 9.18 Å². The van der Waals surface area contributed by atoms with E-state index in [2.05, 4.69) is 44.6 Å². The van der Waals surface area contributed by atoms with Crippen LogP contribution in [0.15, 0.2) is 37.1 Å². The number of carbonyl (C=O) groups is 1. The molecule has 1 unspecified atom stereocenters. The van der Waals surface area contributed by atoms with Gasteiger partial charge in [-0.15, -0.1) is 0 Å². The van der Waals surface area contributed by atoms with E-state index in [1.807, 2.05) is 19.9 Å². The highest BCUT2D eigenvalue weighted by atomic mass is 19.1. The van der Waals surface area contributed by atoms with Gasteiger partial charge in [0, 0.05) is 37.9 Å². The van der Waals surface area contributed by atoms with E-state index in [0.717, 1.165) is 37.8 Å². The van der Waals surface area contributed by atoms with Gasteiger partial charge in [0.15, 0.2) is 11.6 Å². The first-order valence-corrected chi connectivity index (χ1v) is 10.4. The Labute approximate surface area is 176 Å². The van der Waals surface area contributed by atoms with Gasteiger partial charge in [0.1, 0.15) is 0 Å². The molecule has 1 aromatic carbocycles. The average Bonchev–Trinajstić information content (AvgIpc) is 3.25. The summed E-state index contributed by atoms with van der Waals surface area (Å²) in [4.78, 5) is 21.9. The first kappa shape index (κ1) is 21.7. The van der Waals surface area contributed by atoms with Crippen molar-refractivity contribution in [2.75, 3.05) is 23.7 Å². The molecule has 0 aliphatic carbocycles. The van der Waals surface area contributed by atoms with Crippen molar-refractivity contribution in [2.45, 2.75) is 45.8 Å². The molecule has 2 aliphatic rings. The number of piperidine rings is 1. The number of amides is 1. The summed E-state index contributed by atoms with van der Waals surface area (Å²) < 4.78 is 14.2. The molecule has 2 aromatic rings. The Morgan fingerprint density at radius 3 is 2.93 bits per heavy atom. The van der Waals surface area contributed by atoms with Gasteiger partial charge in [-0.1, -0.05) is 26.5 Å². The number of likely N-dealkylation sites (tertiary alicyclic amines) is 1. The van der Waals surface area contributed by atoms with Crippen molar-refractivity contribution in [2.24, 2.45) is 0 Å². The molecule has 1 amide bonds. The van der Waals surface area contributed by atoms with Crippen LogP contribution in [-0.4, -0.2) is 39.9 Å². The Kier molecular flexibility index (Phi) is 7.35. The molecule has 0 saturated carbocycles. The van der Waals surface area contributed by atoms with Crippen LogP contribution in [-0.2, 0) is 17.9 Å². The van der Waals surface area contributed by atoms with E-state index >= 15 is 0 Å². The second-order valence-electron chi connectivity index (χ2n) is 7.07. The maximum atomic E-state index is 14.2. The van der Waals surface area contributed by atoms with Crippen LogP contribution in [0.3, 0.4) is 0 Å². The minimum atomic E-state index is -0.518. The predicted molar refractivity (Wildman–Crippen MR) is 117 cm³/mol. The highest BCUT2D eigenvalue weighted by molar-refractivity contribution is 5.87. The van der Waals surface area contributed by atoms with Crippen LogP contribution in [0.4, 0.5) is 21.8 Å². The van der Waals surface area contributed by atoms with Crippen LogP contribution in [0.25, 0.3) is 0 Å². The second-order valence-corrected chi connectivity index (χ2v) is 7.07. The third kappa shape index (κ3) is 5.13. The van der Waals surface area contributed by atoms with Gasteiger partial charge in [0.2, 0.25) is 11.9 Å². The molecule has 0 radical (unpaired) electrons. The second kappa shape index (κ2) is 10.2. The normalized spacial score (nSPS) is 17.4. The molecule has 3 N–H and O–H groups in total. The van der Waals surface area contributed by atoms with Crippen LogP contribution < -0.4 is 16.0 Å². The molecule has 7 nitrogen and oxygen atoms in total. The van der Waals surface area contributed by atoms with Crippen molar-refractivity contribution >= 4 is 23.4 Å². The molecular weight excluding hydrogens is 383 g/mol. The Morgan fingerprint density at radius 1 is 1.33 bits per heavy atom. The van der Waals surface area contributed by atoms with E-state index in [4.69, 9.17) is 0 Å². The Hall–Kier alpha value is -3.00. The Bertz CT molecular complexity index is 903. The highest BCUT2D eigenvalue weighted by Gasteiger charge is 2.23.